The zero-order chi connectivity index (χ0) is 15.1. The Morgan fingerprint density at radius 1 is 1.29 bits per heavy atom. The molecule has 4 nitrogen and oxygen atoms in total. The van der Waals surface area contributed by atoms with Gasteiger partial charge in [-0.05, 0) is 43.3 Å². The maximum absolute atomic E-state index is 10.0. The van der Waals surface area contributed by atoms with E-state index in [9.17, 15) is 5.11 Å². The van der Waals surface area contributed by atoms with Gasteiger partial charge < -0.3 is 9.84 Å². The molecule has 1 aromatic carbocycles. The summed E-state index contributed by atoms with van der Waals surface area (Å²) in [4.78, 5) is 6.14. The molecule has 0 saturated carbocycles. The van der Waals surface area contributed by atoms with E-state index in [4.69, 9.17) is 4.74 Å². The molecule has 1 unspecified atom stereocenters. The molecule has 0 spiro atoms. The zero-order valence-corrected chi connectivity index (χ0v) is 12.6. The van der Waals surface area contributed by atoms with Gasteiger partial charge >= 0.3 is 0 Å². The molecule has 0 radical (unpaired) electrons. The number of rotatable bonds is 7. The second kappa shape index (κ2) is 7.76. The van der Waals surface area contributed by atoms with Gasteiger partial charge in [0.2, 0.25) is 0 Å². The fraction of sp³-hybridized carbons (Fsp3) is 0.353. The van der Waals surface area contributed by atoms with Crippen LogP contribution in [0.1, 0.15) is 11.1 Å². The van der Waals surface area contributed by atoms with E-state index in [1.807, 2.05) is 56.6 Å². The van der Waals surface area contributed by atoms with Crippen molar-refractivity contribution in [3.8, 4) is 5.75 Å². The molecule has 21 heavy (non-hydrogen) atoms. The number of aliphatic hydroxyl groups is 1. The monoisotopic (exact) mass is 286 g/mol. The number of hydrogen-bond acceptors (Lipinski definition) is 4. The van der Waals surface area contributed by atoms with Gasteiger partial charge in [-0.2, -0.15) is 0 Å². The summed E-state index contributed by atoms with van der Waals surface area (Å²) in [5, 5.41) is 10.0. The number of hydrogen-bond donors (Lipinski definition) is 1. The third-order valence-electron chi connectivity index (χ3n) is 3.13. The predicted molar refractivity (Wildman–Crippen MR) is 83.3 cm³/mol. The molecule has 0 aliphatic carbocycles. The molecule has 2 aromatic rings. The highest BCUT2D eigenvalue weighted by molar-refractivity contribution is 5.27. The van der Waals surface area contributed by atoms with Gasteiger partial charge in [0, 0.05) is 25.5 Å². The lowest BCUT2D eigenvalue weighted by Crippen LogP contribution is -2.32. The van der Waals surface area contributed by atoms with E-state index in [0.29, 0.717) is 13.2 Å². The Bertz CT molecular complexity index is 545. The summed E-state index contributed by atoms with van der Waals surface area (Å²) in [5.74, 6) is 0.795. The lowest BCUT2D eigenvalue weighted by atomic mass is 10.2. The van der Waals surface area contributed by atoms with Crippen LogP contribution in [0.3, 0.4) is 0 Å². The highest BCUT2D eigenvalue weighted by atomic mass is 16.5. The Morgan fingerprint density at radius 2 is 2.14 bits per heavy atom. The van der Waals surface area contributed by atoms with Gasteiger partial charge in [-0.3, -0.25) is 9.88 Å². The van der Waals surface area contributed by atoms with E-state index < -0.39 is 6.10 Å². The summed E-state index contributed by atoms with van der Waals surface area (Å²) in [6.07, 6.45) is 3.08. The minimum absolute atomic E-state index is 0.292. The van der Waals surface area contributed by atoms with Crippen molar-refractivity contribution in [3.05, 3.63) is 59.9 Å². The van der Waals surface area contributed by atoms with Crippen molar-refractivity contribution in [1.29, 1.82) is 0 Å². The normalized spacial score (nSPS) is 12.4. The smallest absolute Gasteiger partial charge is 0.119 e. The highest BCUT2D eigenvalue weighted by Gasteiger charge is 2.09. The van der Waals surface area contributed by atoms with Crippen molar-refractivity contribution < 1.29 is 9.84 Å². The lowest BCUT2D eigenvalue weighted by Gasteiger charge is -2.20. The van der Waals surface area contributed by atoms with Crippen molar-refractivity contribution in [2.75, 3.05) is 20.2 Å². The van der Waals surface area contributed by atoms with Crippen LogP contribution in [0, 0.1) is 6.92 Å². The van der Waals surface area contributed by atoms with Crippen molar-refractivity contribution in [2.24, 2.45) is 0 Å². The summed E-state index contributed by atoms with van der Waals surface area (Å²) in [7, 11) is 1.98. The fourth-order valence-corrected chi connectivity index (χ4v) is 2.18. The number of benzene rings is 1. The van der Waals surface area contributed by atoms with Crippen molar-refractivity contribution in [3.63, 3.8) is 0 Å². The van der Waals surface area contributed by atoms with Crippen LogP contribution in [-0.2, 0) is 6.54 Å². The maximum atomic E-state index is 10.0. The standard InChI is InChI=1S/C17H22N2O2/c1-14-5-3-7-17(9-14)21-13-16(20)12-19(2)11-15-6-4-8-18-10-15/h3-10,16,20H,11-13H2,1-2H3. The SMILES string of the molecule is Cc1cccc(OCC(O)CN(C)Cc2cccnc2)c1. The lowest BCUT2D eigenvalue weighted by molar-refractivity contribution is 0.0743. The third kappa shape index (κ3) is 5.53. The van der Waals surface area contributed by atoms with Gasteiger partial charge in [-0.25, -0.2) is 0 Å². The molecule has 1 heterocycles. The molecule has 1 aromatic heterocycles. The minimum Gasteiger partial charge on any atom is -0.491 e. The van der Waals surface area contributed by atoms with E-state index in [2.05, 4.69) is 9.88 Å². The third-order valence-corrected chi connectivity index (χ3v) is 3.13. The van der Waals surface area contributed by atoms with E-state index in [1.54, 1.807) is 6.20 Å². The summed E-state index contributed by atoms with van der Waals surface area (Å²) < 4.78 is 5.61. The van der Waals surface area contributed by atoms with Gasteiger partial charge in [0.1, 0.15) is 18.5 Å². The van der Waals surface area contributed by atoms with Crippen LogP contribution >= 0.6 is 0 Å². The number of pyridine rings is 1. The first-order chi connectivity index (χ1) is 10.1. The molecule has 1 N–H and O–H groups in total. The average molecular weight is 286 g/mol. The maximum Gasteiger partial charge on any atom is 0.119 e. The first-order valence-electron chi connectivity index (χ1n) is 7.08. The first-order valence-corrected chi connectivity index (χ1v) is 7.08. The predicted octanol–water partition coefficient (Wildman–Crippen LogP) is 2.26. The minimum atomic E-state index is -0.521. The number of aromatic nitrogens is 1. The Hall–Kier alpha value is -1.91. The number of likely N-dealkylation sites (N-methyl/N-ethyl adjacent to an activating group) is 1. The zero-order valence-electron chi connectivity index (χ0n) is 12.6. The number of aryl methyl sites for hydroxylation is 1. The van der Waals surface area contributed by atoms with E-state index in [1.165, 1.54) is 0 Å². The van der Waals surface area contributed by atoms with Crippen LogP contribution in [0.15, 0.2) is 48.8 Å². The Kier molecular flexibility index (Phi) is 5.72. The topological polar surface area (TPSA) is 45.6 Å². The van der Waals surface area contributed by atoms with Crippen molar-refractivity contribution in [1.82, 2.24) is 9.88 Å². The molecule has 0 aliphatic rings. The van der Waals surface area contributed by atoms with Gasteiger partial charge in [0.25, 0.3) is 0 Å². The van der Waals surface area contributed by atoms with E-state index >= 15 is 0 Å². The summed E-state index contributed by atoms with van der Waals surface area (Å²) >= 11 is 0. The molecule has 0 aliphatic heterocycles. The fourth-order valence-electron chi connectivity index (χ4n) is 2.18. The van der Waals surface area contributed by atoms with Crippen LogP contribution in [0.2, 0.25) is 0 Å². The van der Waals surface area contributed by atoms with Crippen LogP contribution in [0.25, 0.3) is 0 Å². The Morgan fingerprint density at radius 3 is 2.86 bits per heavy atom. The van der Waals surface area contributed by atoms with Gasteiger partial charge in [0.15, 0.2) is 0 Å². The summed E-state index contributed by atoms with van der Waals surface area (Å²) in [5.41, 5.74) is 2.28. The molecular formula is C17H22N2O2. The molecule has 0 amide bonds. The summed E-state index contributed by atoms with van der Waals surface area (Å²) in [6.45, 7) is 3.63. The molecule has 0 bridgehead atoms. The van der Waals surface area contributed by atoms with Crippen LogP contribution in [0.4, 0.5) is 0 Å². The number of aliphatic hydroxyl groups excluding tert-OH is 1. The molecule has 0 saturated heterocycles. The second-order valence-electron chi connectivity index (χ2n) is 5.34. The Labute approximate surface area is 126 Å². The second-order valence-corrected chi connectivity index (χ2v) is 5.34. The van der Waals surface area contributed by atoms with Crippen LogP contribution in [0.5, 0.6) is 5.75 Å². The largest absolute Gasteiger partial charge is 0.491 e. The average Bonchev–Trinajstić information content (AvgIpc) is 2.46. The van der Waals surface area contributed by atoms with E-state index in [-0.39, 0.29) is 0 Å². The molecule has 4 heteroatoms. The molecule has 2 rings (SSSR count). The van der Waals surface area contributed by atoms with Crippen LogP contribution < -0.4 is 4.74 Å². The van der Waals surface area contributed by atoms with E-state index in [0.717, 1.165) is 23.4 Å². The highest BCUT2D eigenvalue weighted by Crippen LogP contribution is 2.12. The molecule has 112 valence electrons. The number of ether oxygens (including phenoxy) is 1. The van der Waals surface area contributed by atoms with Gasteiger partial charge in [0.05, 0.1) is 0 Å². The Balaban J connectivity index is 1.75. The van der Waals surface area contributed by atoms with Crippen LogP contribution in [-0.4, -0.2) is 41.3 Å². The van der Waals surface area contributed by atoms with Crippen molar-refractivity contribution in [2.45, 2.75) is 19.6 Å². The molecular weight excluding hydrogens is 264 g/mol. The van der Waals surface area contributed by atoms with Gasteiger partial charge in [-0.15, -0.1) is 0 Å². The quantitative estimate of drug-likeness (QED) is 0.848. The molecule has 1 atom stereocenters. The first kappa shape index (κ1) is 15.5. The van der Waals surface area contributed by atoms with Gasteiger partial charge in [-0.1, -0.05) is 18.2 Å². The molecule has 0 fully saturated rings. The summed E-state index contributed by atoms with van der Waals surface area (Å²) in [6, 6.07) is 11.8. The van der Waals surface area contributed by atoms with Crippen molar-refractivity contribution >= 4 is 0 Å². The number of nitrogens with zero attached hydrogens (tertiary/aromatic N) is 2.